The van der Waals surface area contributed by atoms with Crippen molar-refractivity contribution < 1.29 is 4.74 Å². The Bertz CT molecular complexity index is 510. The van der Waals surface area contributed by atoms with E-state index in [0.717, 1.165) is 35.4 Å². The maximum atomic E-state index is 5.72. The molecule has 0 saturated heterocycles. The second-order valence-corrected chi connectivity index (χ2v) is 5.84. The Morgan fingerprint density at radius 2 is 2.10 bits per heavy atom. The first-order valence-corrected chi connectivity index (χ1v) is 7.96. The highest BCUT2D eigenvalue weighted by atomic mass is 127. The summed E-state index contributed by atoms with van der Waals surface area (Å²) < 4.78 is 8.75. The molecule has 1 heterocycles. The topological polar surface area (TPSA) is 39.1 Å². The Balaban J connectivity index is 1.73. The molecule has 0 aliphatic carbocycles. The van der Waals surface area contributed by atoms with E-state index in [0.29, 0.717) is 6.61 Å². The smallest absolute Gasteiger partial charge is 0.119 e. The van der Waals surface area contributed by atoms with E-state index >= 15 is 0 Å². The predicted molar refractivity (Wildman–Crippen MR) is 88.9 cm³/mol. The standard InChI is InChI=1S/C15H20IN3O/c1-2-7-17-10-13-3-5-15(6-4-13)20-9-8-19-12-14(16)11-18-19/h3-6,11-12,17H,2,7-10H2,1H3. The summed E-state index contributed by atoms with van der Waals surface area (Å²) in [5.41, 5.74) is 1.28. The lowest BCUT2D eigenvalue weighted by molar-refractivity contribution is 0.291. The molecule has 0 aliphatic rings. The number of halogens is 1. The van der Waals surface area contributed by atoms with Gasteiger partial charge in [-0.05, 0) is 53.3 Å². The number of nitrogens with one attached hydrogen (secondary N) is 1. The summed E-state index contributed by atoms with van der Waals surface area (Å²) in [6, 6.07) is 8.26. The van der Waals surface area contributed by atoms with Crippen LogP contribution in [-0.2, 0) is 13.1 Å². The van der Waals surface area contributed by atoms with Gasteiger partial charge in [-0.25, -0.2) is 0 Å². The number of benzene rings is 1. The molecule has 2 rings (SSSR count). The molecule has 0 saturated carbocycles. The Labute approximate surface area is 133 Å². The van der Waals surface area contributed by atoms with Crippen molar-refractivity contribution in [1.82, 2.24) is 15.1 Å². The summed E-state index contributed by atoms with van der Waals surface area (Å²) in [5.74, 6) is 0.908. The summed E-state index contributed by atoms with van der Waals surface area (Å²) in [5, 5.41) is 7.61. The second-order valence-electron chi connectivity index (χ2n) is 4.59. The molecule has 20 heavy (non-hydrogen) atoms. The zero-order chi connectivity index (χ0) is 14.2. The normalized spacial score (nSPS) is 10.7. The van der Waals surface area contributed by atoms with Gasteiger partial charge < -0.3 is 10.1 Å². The minimum atomic E-state index is 0.630. The van der Waals surface area contributed by atoms with Gasteiger partial charge in [0.05, 0.1) is 16.3 Å². The minimum absolute atomic E-state index is 0.630. The monoisotopic (exact) mass is 385 g/mol. The van der Waals surface area contributed by atoms with Gasteiger partial charge in [-0.1, -0.05) is 19.1 Å². The lowest BCUT2D eigenvalue weighted by Crippen LogP contribution is -2.13. The molecule has 5 heteroatoms. The molecule has 0 radical (unpaired) electrons. The quantitative estimate of drug-likeness (QED) is 0.561. The van der Waals surface area contributed by atoms with Crippen LogP contribution in [0.1, 0.15) is 18.9 Å². The molecule has 0 bridgehead atoms. The van der Waals surface area contributed by atoms with Crippen molar-refractivity contribution in [2.24, 2.45) is 0 Å². The molecule has 0 aliphatic heterocycles. The van der Waals surface area contributed by atoms with Gasteiger partial charge in [0, 0.05) is 12.7 Å². The summed E-state index contributed by atoms with van der Waals surface area (Å²) in [6.45, 7) is 5.54. The van der Waals surface area contributed by atoms with Crippen molar-refractivity contribution in [3.63, 3.8) is 0 Å². The van der Waals surface area contributed by atoms with Crippen LogP contribution in [0.2, 0.25) is 0 Å². The van der Waals surface area contributed by atoms with Gasteiger partial charge in [0.2, 0.25) is 0 Å². The highest BCUT2D eigenvalue weighted by molar-refractivity contribution is 14.1. The van der Waals surface area contributed by atoms with E-state index in [4.69, 9.17) is 4.74 Å². The maximum absolute atomic E-state index is 5.72. The fraction of sp³-hybridized carbons (Fsp3) is 0.400. The van der Waals surface area contributed by atoms with Crippen LogP contribution in [0.25, 0.3) is 0 Å². The molecule has 0 atom stereocenters. The first-order valence-electron chi connectivity index (χ1n) is 6.88. The van der Waals surface area contributed by atoms with E-state index in [-0.39, 0.29) is 0 Å². The number of rotatable bonds is 8. The SMILES string of the molecule is CCCNCc1ccc(OCCn2cc(I)cn2)cc1. The number of hydrogen-bond acceptors (Lipinski definition) is 3. The molecule has 0 amide bonds. The Morgan fingerprint density at radius 1 is 1.30 bits per heavy atom. The predicted octanol–water partition coefficient (Wildman–Crippen LogP) is 3.07. The van der Waals surface area contributed by atoms with Crippen LogP contribution in [0.15, 0.2) is 36.7 Å². The van der Waals surface area contributed by atoms with Crippen LogP contribution in [0.4, 0.5) is 0 Å². The van der Waals surface area contributed by atoms with Crippen molar-refractivity contribution in [1.29, 1.82) is 0 Å². The van der Waals surface area contributed by atoms with Crippen LogP contribution in [-0.4, -0.2) is 22.9 Å². The largest absolute Gasteiger partial charge is 0.492 e. The van der Waals surface area contributed by atoms with E-state index in [2.05, 4.69) is 52.1 Å². The maximum Gasteiger partial charge on any atom is 0.119 e. The van der Waals surface area contributed by atoms with E-state index in [1.807, 2.05) is 29.2 Å². The van der Waals surface area contributed by atoms with Gasteiger partial charge in [0.15, 0.2) is 0 Å². The minimum Gasteiger partial charge on any atom is -0.492 e. The van der Waals surface area contributed by atoms with E-state index < -0.39 is 0 Å². The molecule has 0 fully saturated rings. The average Bonchev–Trinajstić information content (AvgIpc) is 2.87. The van der Waals surface area contributed by atoms with Crippen molar-refractivity contribution in [2.45, 2.75) is 26.4 Å². The summed E-state index contributed by atoms with van der Waals surface area (Å²) in [4.78, 5) is 0. The number of aromatic nitrogens is 2. The van der Waals surface area contributed by atoms with Gasteiger partial charge in [-0.3, -0.25) is 4.68 Å². The van der Waals surface area contributed by atoms with Crippen LogP contribution < -0.4 is 10.1 Å². The molecule has 1 aromatic carbocycles. The summed E-state index contributed by atoms with van der Waals surface area (Å²) in [7, 11) is 0. The number of hydrogen-bond donors (Lipinski definition) is 1. The van der Waals surface area contributed by atoms with Crippen LogP contribution in [0.3, 0.4) is 0 Å². The Morgan fingerprint density at radius 3 is 2.75 bits per heavy atom. The molecule has 0 spiro atoms. The van der Waals surface area contributed by atoms with Gasteiger partial charge >= 0.3 is 0 Å². The van der Waals surface area contributed by atoms with Gasteiger partial charge in [-0.15, -0.1) is 0 Å². The van der Waals surface area contributed by atoms with E-state index in [1.54, 1.807) is 0 Å². The average molecular weight is 385 g/mol. The molecule has 108 valence electrons. The fourth-order valence-corrected chi connectivity index (χ4v) is 2.28. The summed E-state index contributed by atoms with van der Waals surface area (Å²) in [6.07, 6.45) is 5.01. The first-order chi connectivity index (χ1) is 9.78. The number of ether oxygens (including phenoxy) is 1. The zero-order valence-electron chi connectivity index (χ0n) is 11.7. The van der Waals surface area contributed by atoms with Gasteiger partial charge in [0.1, 0.15) is 12.4 Å². The third-order valence-corrected chi connectivity index (χ3v) is 3.43. The van der Waals surface area contributed by atoms with Crippen molar-refractivity contribution in [2.75, 3.05) is 13.2 Å². The summed E-state index contributed by atoms with van der Waals surface area (Å²) >= 11 is 2.25. The van der Waals surface area contributed by atoms with Crippen LogP contribution in [0, 0.1) is 3.57 Å². The highest BCUT2D eigenvalue weighted by Crippen LogP contribution is 2.12. The first kappa shape index (κ1) is 15.3. The van der Waals surface area contributed by atoms with Gasteiger partial charge in [0.25, 0.3) is 0 Å². The lowest BCUT2D eigenvalue weighted by atomic mass is 10.2. The van der Waals surface area contributed by atoms with Crippen molar-refractivity contribution >= 4 is 22.6 Å². The molecule has 2 aromatic rings. The molecule has 0 unspecified atom stereocenters. The fourth-order valence-electron chi connectivity index (χ4n) is 1.83. The van der Waals surface area contributed by atoms with E-state index in [1.165, 1.54) is 5.56 Å². The van der Waals surface area contributed by atoms with Crippen molar-refractivity contribution in [3.8, 4) is 5.75 Å². The molecule has 1 N–H and O–H groups in total. The Kier molecular flexibility index (Phi) is 6.32. The van der Waals surface area contributed by atoms with Crippen molar-refractivity contribution in [3.05, 3.63) is 45.8 Å². The molecule has 1 aromatic heterocycles. The van der Waals surface area contributed by atoms with Crippen LogP contribution >= 0.6 is 22.6 Å². The van der Waals surface area contributed by atoms with E-state index in [9.17, 15) is 0 Å². The van der Waals surface area contributed by atoms with Crippen LogP contribution in [0.5, 0.6) is 5.75 Å². The Hall–Kier alpha value is -1.08. The second kappa shape index (κ2) is 8.26. The molecule has 4 nitrogen and oxygen atoms in total. The molecular weight excluding hydrogens is 365 g/mol. The third-order valence-electron chi connectivity index (χ3n) is 2.87. The highest BCUT2D eigenvalue weighted by Gasteiger charge is 1.98. The van der Waals surface area contributed by atoms with Gasteiger partial charge in [-0.2, -0.15) is 5.10 Å². The molecular formula is C15H20IN3O. The zero-order valence-corrected chi connectivity index (χ0v) is 13.8. The lowest BCUT2D eigenvalue weighted by Gasteiger charge is -2.08. The third kappa shape index (κ3) is 5.13. The number of nitrogens with zero attached hydrogens (tertiary/aromatic N) is 2.